The summed E-state index contributed by atoms with van der Waals surface area (Å²) >= 11 is 0. The lowest BCUT2D eigenvalue weighted by Crippen LogP contribution is -2.32. The Morgan fingerprint density at radius 2 is 1.11 bits per heavy atom. The van der Waals surface area contributed by atoms with Crippen molar-refractivity contribution >= 4 is 21.5 Å². The van der Waals surface area contributed by atoms with Crippen LogP contribution in [0, 0.1) is 0 Å². The normalized spacial score (nSPS) is 15.8. The summed E-state index contributed by atoms with van der Waals surface area (Å²) in [6.07, 6.45) is 4.72. The first-order valence-electron chi connectivity index (χ1n) is 12.2. The Hall–Kier alpha value is -3.60. The molecule has 0 aliphatic carbocycles. The number of fused-ring (bicyclic) bond motifs is 6. The minimum atomic E-state index is 0.600. The molecule has 4 aromatic rings. The molecular weight excluding hydrogens is 432 g/mol. The molecule has 0 N–H and O–H groups in total. The predicted molar refractivity (Wildman–Crippen MR) is 143 cm³/mol. The smallest absolute Gasteiger partial charge is 0.142 e. The Morgan fingerprint density at radius 1 is 0.657 bits per heavy atom. The monoisotopic (exact) mass is 462 g/mol. The molecule has 35 heavy (non-hydrogen) atoms. The molecule has 0 bridgehead atoms. The van der Waals surface area contributed by atoms with Gasteiger partial charge in [0.25, 0.3) is 0 Å². The van der Waals surface area contributed by atoms with Crippen LogP contribution >= 0.6 is 0 Å². The fraction of sp³-hybridized carbons (Fsp3) is 0.226. The summed E-state index contributed by atoms with van der Waals surface area (Å²) in [6.45, 7) is 12.4. The van der Waals surface area contributed by atoms with Crippen LogP contribution in [0.5, 0.6) is 11.5 Å². The number of ether oxygens (including phenoxy) is 2. The lowest BCUT2D eigenvalue weighted by molar-refractivity contribution is 0.109. The number of hydrogen-bond acceptors (Lipinski definition) is 4. The van der Waals surface area contributed by atoms with Gasteiger partial charge < -0.3 is 9.47 Å². The molecule has 0 unspecified atom stereocenters. The van der Waals surface area contributed by atoms with Gasteiger partial charge in [-0.05, 0) is 40.5 Å². The van der Waals surface area contributed by atoms with Crippen LogP contribution < -0.4 is 9.47 Å². The van der Waals surface area contributed by atoms with Crippen LogP contribution in [-0.2, 0) is 19.5 Å². The third-order valence-corrected chi connectivity index (χ3v) is 6.99. The zero-order valence-corrected chi connectivity index (χ0v) is 20.0. The largest absolute Gasteiger partial charge is 0.477 e. The van der Waals surface area contributed by atoms with Crippen molar-refractivity contribution in [3.8, 4) is 11.5 Å². The second-order valence-electron chi connectivity index (χ2n) is 9.54. The van der Waals surface area contributed by atoms with Crippen molar-refractivity contribution in [1.29, 1.82) is 0 Å². The first-order chi connectivity index (χ1) is 17.2. The van der Waals surface area contributed by atoms with Gasteiger partial charge in [-0.2, -0.15) is 0 Å². The van der Waals surface area contributed by atoms with Crippen molar-refractivity contribution in [3.63, 3.8) is 0 Å². The minimum Gasteiger partial charge on any atom is -0.477 e. The van der Waals surface area contributed by atoms with Crippen molar-refractivity contribution in [3.05, 3.63) is 108 Å². The van der Waals surface area contributed by atoms with E-state index in [1.165, 1.54) is 43.8 Å². The molecule has 0 spiro atoms. The van der Waals surface area contributed by atoms with Gasteiger partial charge in [-0.25, -0.2) is 0 Å². The van der Waals surface area contributed by atoms with Crippen molar-refractivity contribution in [2.24, 2.45) is 0 Å². The third kappa shape index (κ3) is 4.20. The van der Waals surface area contributed by atoms with E-state index in [4.69, 9.17) is 9.47 Å². The molecule has 0 aromatic heterocycles. The summed E-state index contributed by atoms with van der Waals surface area (Å²) in [5, 5.41) is 4.83. The summed E-state index contributed by atoms with van der Waals surface area (Å²) in [5.74, 6) is 2.05. The standard InChI is InChI=1S/C31H30N2O2/c1-3-13-32-18-26-11-9-24-7-5-22(16-28(24)30(26)34-20-32)15-23-6-8-25-10-12-27-19-33(14-4-2)21-35-31(27)29(25)17-23/h3-12,16-17H,1-2,13-15,18-21H2. The van der Waals surface area contributed by atoms with Crippen molar-refractivity contribution in [2.45, 2.75) is 19.5 Å². The molecule has 0 saturated carbocycles. The van der Waals surface area contributed by atoms with Crippen LogP contribution in [0.3, 0.4) is 0 Å². The number of rotatable bonds is 6. The average molecular weight is 463 g/mol. The third-order valence-electron chi connectivity index (χ3n) is 6.99. The van der Waals surface area contributed by atoms with Crippen LogP contribution in [0.25, 0.3) is 21.5 Å². The summed E-state index contributed by atoms with van der Waals surface area (Å²) in [4.78, 5) is 4.50. The van der Waals surface area contributed by atoms with E-state index >= 15 is 0 Å². The van der Waals surface area contributed by atoms with Crippen molar-refractivity contribution in [1.82, 2.24) is 9.80 Å². The lowest BCUT2D eigenvalue weighted by Gasteiger charge is -2.29. The molecule has 4 aromatic carbocycles. The highest BCUT2D eigenvalue weighted by Crippen LogP contribution is 2.36. The molecule has 0 atom stereocenters. The molecule has 0 fully saturated rings. The van der Waals surface area contributed by atoms with Gasteiger partial charge in [0, 0.05) is 48.1 Å². The molecule has 2 aliphatic rings. The van der Waals surface area contributed by atoms with E-state index in [9.17, 15) is 0 Å². The van der Waals surface area contributed by atoms with E-state index < -0.39 is 0 Å². The number of nitrogens with zero attached hydrogens (tertiary/aromatic N) is 2. The van der Waals surface area contributed by atoms with E-state index in [0.29, 0.717) is 13.5 Å². The molecule has 2 heterocycles. The van der Waals surface area contributed by atoms with Gasteiger partial charge >= 0.3 is 0 Å². The molecule has 4 heteroatoms. The van der Waals surface area contributed by atoms with Crippen LogP contribution in [0.1, 0.15) is 22.3 Å². The second kappa shape index (κ2) is 9.21. The van der Waals surface area contributed by atoms with Gasteiger partial charge in [-0.15, -0.1) is 13.2 Å². The van der Waals surface area contributed by atoms with Gasteiger partial charge in [0.15, 0.2) is 0 Å². The van der Waals surface area contributed by atoms with E-state index in [-0.39, 0.29) is 0 Å². The summed E-state index contributed by atoms with van der Waals surface area (Å²) in [5.41, 5.74) is 5.04. The molecule has 6 rings (SSSR count). The first kappa shape index (κ1) is 21.9. The highest BCUT2D eigenvalue weighted by atomic mass is 16.5. The highest BCUT2D eigenvalue weighted by molar-refractivity contribution is 5.91. The first-order valence-corrected chi connectivity index (χ1v) is 12.2. The summed E-state index contributed by atoms with van der Waals surface area (Å²) in [6, 6.07) is 22.3. The highest BCUT2D eigenvalue weighted by Gasteiger charge is 2.20. The Kier molecular flexibility index (Phi) is 5.77. The Morgan fingerprint density at radius 3 is 1.57 bits per heavy atom. The SMILES string of the molecule is C=CCN1COc2c(ccc3ccc(Cc4ccc5ccc6c(c5c4)OCN(CC=C)C6)cc23)C1. The topological polar surface area (TPSA) is 24.9 Å². The molecule has 2 aliphatic heterocycles. The van der Waals surface area contributed by atoms with Gasteiger partial charge in [0.05, 0.1) is 0 Å². The fourth-order valence-corrected chi connectivity index (χ4v) is 5.30. The summed E-state index contributed by atoms with van der Waals surface area (Å²) in [7, 11) is 0. The van der Waals surface area contributed by atoms with Crippen LogP contribution in [0.15, 0.2) is 86.0 Å². The Balaban J connectivity index is 1.31. The average Bonchev–Trinajstić information content (AvgIpc) is 2.88. The van der Waals surface area contributed by atoms with Gasteiger partial charge in [-0.1, -0.05) is 60.7 Å². The molecular formula is C31H30N2O2. The van der Waals surface area contributed by atoms with Crippen LogP contribution in [0.2, 0.25) is 0 Å². The maximum atomic E-state index is 6.20. The van der Waals surface area contributed by atoms with Crippen molar-refractivity contribution in [2.75, 3.05) is 26.6 Å². The lowest BCUT2D eigenvalue weighted by atomic mass is 9.96. The van der Waals surface area contributed by atoms with E-state index in [1.54, 1.807) is 0 Å². The molecule has 176 valence electrons. The molecule has 0 saturated heterocycles. The van der Waals surface area contributed by atoms with Gasteiger partial charge in [0.1, 0.15) is 25.0 Å². The molecule has 0 radical (unpaired) electrons. The second-order valence-corrected chi connectivity index (χ2v) is 9.54. The quantitative estimate of drug-likeness (QED) is 0.316. The summed E-state index contributed by atoms with van der Waals surface area (Å²) < 4.78 is 12.4. The van der Waals surface area contributed by atoms with Crippen molar-refractivity contribution < 1.29 is 9.47 Å². The van der Waals surface area contributed by atoms with Crippen LogP contribution in [-0.4, -0.2) is 36.4 Å². The molecule has 0 amide bonds. The zero-order chi connectivity index (χ0) is 23.8. The number of hydrogen-bond donors (Lipinski definition) is 0. The van der Waals surface area contributed by atoms with E-state index in [0.717, 1.165) is 44.1 Å². The predicted octanol–water partition coefficient (Wildman–Crippen LogP) is 6.26. The minimum absolute atomic E-state index is 0.600. The maximum absolute atomic E-state index is 6.20. The van der Waals surface area contributed by atoms with Gasteiger partial charge in [-0.3, -0.25) is 9.80 Å². The van der Waals surface area contributed by atoms with E-state index in [1.807, 2.05) is 12.2 Å². The Bertz CT molecular complexity index is 1330. The fourth-order valence-electron chi connectivity index (χ4n) is 5.30. The Labute approximate surface area is 206 Å². The maximum Gasteiger partial charge on any atom is 0.142 e. The zero-order valence-electron chi connectivity index (χ0n) is 20.0. The van der Waals surface area contributed by atoms with Crippen LogP contribution in [0.4, 0.5) is 0 Å². The number of benzene rings is 4. The van der Waals surface area contributed by atoms with E-state index in [2.05, 4.69) is 83.6 Å². The molecule has 4 nitrogen and oxygen atoms in total. The van der Waals surface area contributed by atoms with Gasteiger partial charge in [0.2, 0.25) is 0 Å².